The van der Waals surface area contributed by atoms with Crippen molar-refractivity contribution in [2.75, 3.05) is 0 Å². The lowest BCUT2D eigenvalue weighted by Crippen LogP contribution is -2.42. The number of benzene rings is 1. The smallest absolute Gasteiger partial charge is 0.240 e. The average Bonchev–Trinajstić information content (AvgIpc) is 3.21. The number of carbonyl (C=O) groups is 1. The molecule has 1 aromatic carbocycles. The Morgan fingerprint density at radius 2 is 1.40 bits per heavy atom. The summed E-state index contributed by atoms with van der Waals surface area (Å²) in [5.74, 6) is -1.03. The van der Waals surface area contributed by atoms with E-state index < -0.39 is 37.9 Å². The molecular formula is C15H21N3O5S2. The van der Waals surface area contributed by atoms with Crippen molar-refractivity contribution in [1.29, 1.82) is 0 Å². The second kappa shape index (κ2) is 6.67. The summed E-state index contributed by atoms with van der Waals surface area (Å²) >= 11 is 0. The van der Waals surface area contributed by atoms with E-state index in [4.69, 9.17) is 5.73 Å². The summed E-state index contributed by atoms with van der Waals surface area (Å²) in [4.78, 5) is 11.4. The maximum Gasteiger partial charge on any atom is 0.240 e. The zero-order valence-corrected chi connectivity index (χ0v) is 15.1. The maximum atomic E-state index is 12.5. The van der Waals surface area contributed by atoms with Gasteiger partial charge in [-0.1, -0.05) is 6.42 Å². The topological polar surface area (TPSA) is 135 Å². The van der Waals surface area contributed by atoms with Crippen molar-refractivity contribution in [2.24, 2.45) is 11.7 Å². The van der Waals surface area contributed by atoms with E-state index >= 15 is 0 Å². The Hall–Kier alpha value is -1.49. The second-order valence-corrected chi connectivity index (χ2v) is 9.96. The SMILES string of the molecule is NC(=O)[C@@H]1CCC[C@@H]1NS(=O)(=O)c1ccc(S(=O)(=O)NC2CC2)cc1. The highest BCUT2D eigenvalue weighted by Gasteiger charge is 2.35. The molecule has 0 aromatic heterocycles. The number of amides is 1. The minimum Gasteiger partial charge on any atom is -0.369 e. The molecule has 0 radical (unpaired) electrons. The lowest BCUT2D eigenvalue weighted by atomic mass is 10.0. The Balaban J connectivity index is 1.75. The van der Waals surface area contributed by atoms with Crippen LogP contribution in [0.5, 0.6) is 0 Å². The van der Waals surface area contributed by atoms with Crippen LogP contribution < -0.4 is 15.2 Å². The van der Waals surface area contributed by atoms with Gasteiger partial charge in [-0.2, -0.15) is 0 Å². The van der Waals surface area contributed by atoms with Gasteiger partial charge in [0.1, 0.15) is 0 Å². The molecule has 138 valence electrons. The predicted octanol–water partition coefficient (Wildman–Crippen LogP) is 0.0596. The van der Waals surface area contributed by atoms with Crippen molar-refractivity contribution < 1.29 is 21.6 Å². The molecule has 10 heteroatoms. The van der Waals surface area contributed by atoms with Crippen molar-refractivity contribution in [2.45, 2.75) is 54.0 Å². The van der Waals surface area contributed by atoms with Gasteiger partial charge in [-0.25, -0.2) is 26.3 Å². The molecule has 0 saturated heterocycles. The molecule has 1 aromatic rings. The predicted molar refractivity (Wildman–Crippen MR) is 90.4 cm³/mol. The first-order chi connectivity index (χ1) is 11.7. The Labute approximate surface area is 147 Å². The van der Waals surface area contributed by atoms with Gasteiger partial charge in [0.05, 0.1) is 15.7 Å². The Kier molecular flexibility index (Phi) is 4.89. The van der Waals surface area contributed by atoms with Crippen LogP contribution in [0.3, 0.4) is 0 Å². The summed E-state index contributed by atoms with van der Waals surface area (Å²) in [6.07, 6.45) is 3.47. The highest BCUT2D eigenvalue weighted by atomic mass is 32.2. The number of carbonyl (C=O) groups excluding carboxylic acids is 1. The maximum absolute atomic E-state index is 12.5. The molecule has 0 spiro atoms. The highest BCUT2D eigenvalue weighted by molar-refractivity contribution is 7.90. The van der Waals surface area contributed by atoms with Gasteiger partial charge in [0.15, 0.2) is 0 Å². The molecular weight excluding hydrogens is 366 g/mol. The van der Waals surface area contributed by atoms with E-state index in [0.717, 1.165) is 19.3 Å². The summed E-state index contributed by atoms with van der Waals surface area (Å²) < 4.78 is 54.2. The van der Waals surface area contributed by atoms with Crippen molar-refractivity contribution in [3.8, 4) is 0 Å². The van der Waals surface area contributed by atoms with Gasteiger partial charge in [0.2, 0.25) is 26.0 Å². The molecule has 4 N–H and O–H groups in total. The number of sulfonamides is 2. The van der Waals surface area contributed by atoms with Crippen LogP contribution in [-0.4, -0.2) is 34.8 Å². The largest absolute Gasteiger partial charge is 0.369 e. The van der Waals surface area contributed by atoms with Crippen molar-refractivity contribution in [1.82, 2.24) is 9.44 Å². The summed E-state index contributed by atoms with van der Waals surface area (Å²) in [7, 11) is -7.48. The zero-order valence-electron chi connectivity index (χ0n) is 13.5. The lowest BCUT2D eigenvalue weighted by Gasteiger charge is -2.18. The lowest BCUT2D eigenvalue weighted by molar-refractivity contribution is -0.122. The number of nitrogens with one attached hydrogen (secondary N) is 2. The molecule has 0 aliphatic heterocycles. The molecule has 25 heavy (non-hydrogen) atoms. The van der Waals surface area contributed by atoms with Crippen LogP contribution in [-0.2, 0) is 24.8 Å². The molecule has 0 heterocycles. The van der Waals surface area contributed by atoms with E-state index in [0.29, 0.717) is 12.8 Å². The fraction of sp³-hybridized carbons (Fsp3) is 0.533. The summed E-state index contributed by atoms with van der Waals surface area (Å²) in [5, 5.41) is 0. The standard InChI is InChI=1S/C15H21N3O5S2/c16-15(19)13-2-1-3-14(13)18-25(22,23)12-8-6-11(7-9-12)24(20,21)17-10-4-5-10/h6-10,13-14,17-18H,1-5H2,(H2,16,19)/t13-,14+/m1/s1. The molecule has 2 aliphatic carbocycles. The molecule has 2 atom stereocenters. The van der Waals surface area contributed by atoms with Crippen LogP contribution in [0.4, 0.5) is 0 Å². The number of hydrogen-bond acceptors (Lipinski definition) is 5. The van der Waals surface area contributed by atoms with Gasteiger partial charge in [-0.3, -0.25) is 4.79 Å². The van der Waals surface area contributed by atoms with E-state index in [9.17, 15) is 21.6 Å². The third kappa shape index (κ3) is 4.20. The zero-order chi connectivity index (χ0) is 18.2. The normalized spacial score (nSPS) is 24.3. The van der Waals surface area contributed by atoms with Gasteiger partial charge in [0.25, 0.3) is 0 Å². The number of rotatable bonds is 7. The molecule has 2 saturated carbocycles. The minimum atomic E-state index is -3.86. The van der Waals surface area contributed by atoms with Gasteiger partial charge in [-0.15, -0.1) is 0 Å². The Bertz CT molecular complexity index is 861. The summed E-state index contributed by atoms with van der Waals surface area (Å²) in [5.41, 5.74) is 5.31. The molecule has 8 nitrogen and oxygen atoms in total. The van der Waals surface area contributed by atoms with Gasteiger partial charge < -0.3 is 5.73 Å². The Morgan fingerprint density at radius 3 is 1.88 bits per heavy atom. The van der Waals surface area contributed by atoms with Crippen molar-refractivity contribution in [3.05, 3.63) is 24.3 Å². The average molecular weight is 387 g/mol. The first kappa shape index (κ1) is 18.3. The monoisotopic (exact) mass is 387 g/mol. The van der Waals surface area contributed by atoms with Crippen molar-refractivity contribution >= 4 is 26.0 Å². The number of primary amides is 1. The van der Waals surface area contributed by atoms with E-state index in [1.54, 1.807) is 0 Å². The molecule has 3 rings (SSSR count). The highest BCUT2D eigenvalue weighted by Crippen LogP contribution is 2.27. The number of hydrogen-bond donors (Lipinski definition) is 3. The Morgan fingerprint density at radius 1 is 0.880 bits per heavy atom. The fourth-order valence-electron chi connectivity index (χ4n) is 3.00. The van der Waals surface area contributed by atoms with E-state index in [2.05, 4.69) is 9.44 Å². The minimum absolute atomic E-state index is 0.0224. The van der Waals surface area contributed by atoms with Crippen LogP contribution in [0.1, 0.15) is 32.1 Å². The summed E-state index contributed by atoms with van der Waals surface area (Å²) in [6.45, 7) is 0. The fourth-order valence-corrected chi connectivity index (χ4v) is 5.61. The molecule has 0 unspecified atom stereocenters. The molecule has 1 amide bonds. The van der Waals surface area contributed by atoms with Crippen LogP contribution in [0.25, 0.3) is 0 Å². The third-order valence-electron chi connectivity index (χ3n) is 4.53. The van der Waals surface area contributed by atoms with Gasteiger partial charge in [-0.05, 0) is 49.9 Å². The van der Waals surface area contributed by atoms with Crippen molar-refractivity contribution in [3.63, 3.8) is 0 Å². The molecule has 2 fully saturated rings. The second-order valence-electron chi connectivity index (χ2n) is 6.53. The van der Waals surface area contributed by atoms with E-state index in [1.165, 1.54) is 24.3 Å². The van der Waals surface area contributed by atoms with Crippen LogP contribution in [0, 0.1) is 5.92 Å². The first-order valence-corrected chi connectivity index (χ1v) is 11.1. The van der Waals surface area contributed by atoms with Crippen LogP contribution >= 0.6 is 0 Å². The first-order valence-electron chi connectivity index (χ1n) is 8.13. The third-order valence-corrected chi connectivity index (χ3v) is 7.57. The van der Waals surface area contributed by atoms with Crippen LogP contribution in [0.2, 0.25) is 0 Å². The summed E-state index contributed by atoms with van der Waals surface area (Å²) in [6, 6.07) is 4.47. The molecule has 2 aliphatic rings. The van der Waals surface area contributed by atoms with Gasteiger partial charge >= 0.3 is 0 Å². The van der Waals surface area contributed by atoms with E-state index in [-0.39, 0.29) is 15.8 Å². The molecule has 0 bridgehead atoms. The number of nitrogens with two attached hydrogens (primary N) is 1. The van der Waals surface area contributed by atoms with E-state index in [1.807, 2.05) is 0 Å². The van der Waals surface area contributed by atoms with Gasteiger partial charge in [0, 0.05) is 12.1 Å². The van der Waals surface area contributed by atoms with Crippen LogP contribution in [0.15, 0.2) is 34.1 Å². The quantitative estimate of drug-likeness (QED) is 0.608.